The molecule has 5 unspecified atom stereocenters. The van der Waals surface area contributed by atoms with Crippen molar-refractivity contribution in [3.8, 4) is 0 Å². The molecule has 1 N–H and O–H groups in total. The minimum Gasteiger partial charge on any atom is -0.389 e. The third-order valence-electron chi connectivity index (χ3n) is 5.70. The summed E-state index contributed by atoms with van der Waals surface area (Å²) in [6.45, 7) is 6.91. The van der Waals surface area contributed by atoms with Crippen LogP contribution in [0.25, 0.3) is 0 Å². The van der Waals surface area contributed by atoms with Crippen LogP contribution in [0.15, 0.2) is 0 Å². The van der Waals surface area contributed by atoms with Crippen LogP contribution in [0.5, 0.6) is 0 Å². The summed E-state index contributed by atoms with van der Waals surface area (Å²) in [6, 6.07) is 0. The van der Waals surface area contributed by atoms with Gasteiger partial charge in [-0.15, -0.1) is 0 Å². The monoisotopic (exact) mass is 238 g/mol. The molecule has 2 fully saturated rings. The number of aliphatic hydroxyl groups is 1. The standard InChI is InChI=1S/C16H30O/c1-4-14-7-5-6-8-15(14)16(17)11-12(2)9-10-13(16)3/h12-15,17H,4-11H2,1-3H3. The number of rotatable bonds is 2. The third kappa shape index (κ3) is 2.54. The van der Waals surface area contributed by atoms with Gasteiger partial charge in [-0.2, -0.15) is 0 Å². The van der Waals surface area contributed by atoms with Gasteiger partial charge in [-0.05, 0) is 42.9 Å². The Bertz CT molecular complexity index is 250. The van der Waals surface area contributed by atoms with E-state index in [2.05, 4.69) is 20.8 Å². The van der Waals surface area contributed by atoms with Gasteiger partial charge in [0.1, 0.15) is 0 Å². The number of hydrogen-bond acceptors (Lipinski definition) is 1. The molecule has 0 bridgehead atoms. The van der Waals surface area contributed by atoms with Crippen LogP contribution in [-0.2, 0) is 0 Å². The van der Waals surface area contributed by atoms with Crippen molar-refractivity contribution in [2.24, 2.45) is 23.7 Å². The Hall–Kier alpha value is -0.0400. The molecule has 0 aromatic carbocycles. The fourth-order valence-corrected chi connectivity index (χ4v) is 4.52. The summed E-state index contributed by atoms with van der Waals surface area (Å²) in [5.41, 5.74) is -0.348. The summed E-state index contributed by atoms with van der Waals surface area (Å²) < 4.78 is 0. The van der Waals surface area contributed by atoms with E-state index in [1.54, 1.807) is 0 Å². The van der Waals surface area contributed by atoms with Gasteiger partial charge in [0.2, 0.25) is 0 Å². The predicted octanol–water partition coefficient (Wildman–Crippen LogP) is 4.39. The van der Waals surface area contributed by atoms with E-state index in [0.29, 0.717) is 11.8 Å². The molecule has 0 saturated heterocycles. The van der Waals surface area contributed by atoms with Gasteiger partial charge in [-0.1, -0.05) is 52.9 Å². The molecule has 0 aliphatic heterocycles. The lowest BCUT2D eigenvalue weighted by Gasteiger charge is -2.50. The average Bonchev–Trinajstić information content (AvgIpc) is 2.34. The van der Waals surface area contributed by atoms with Crippen molar-refractivity contribution in [1.29, 1.82) is 0 Å². The van der Waals surface area contributed by atoms with Gasteiger partial charge in [0, 0.05) is 0 Å². The van der Waals surface area contributed by atoms with Crippen molar-refractivity contribution >= 4 is 0 Å². The van der Waals surface area contributed by atoms with E-state index in [-0.39, 0.29) is 5.60 Å². The van der Waals surface area contributed by atoms with Gasteiger partial charge in [0.25, 0.3) is 0 Å². The number of hydrogen-bond donors (Lipinski definition) is 1. The molecular formula is C16H30O. The van der Waals surface area contributed by atoms with Crippen LogP contribution in [0.3, 0.4) is 0 Å². The summed E-state index contributed by atoms with van der Waals surface area (Å²) in [4.78, 5) is 0. The summed E-state index contributed by atoms with van der Waals surface area (Å²) in [5, 5.41) is 11.2. The zero-order chi connectivity index (χ0) is 12.5. The Morgan fingerprint density at radius 1 is 1.06 bits per heavy atom. The van der Waals surface area contributed by atoms with Gasteiger partial charge in [-0.25, -0.2) is 0 Å². The Kier molecular flexibility index (Phi) is 4.18. The molecule has 0 aromatic rings. The second-order valence-corrected chi connectivity index (χ2v) is 6.84. The first kappa shape index (κ1) is 13.4. The largest absolute Gasteiger partial charge is 0.389 e. The van der Waals surface area contributed by atoms with Crippen LogP contribution in [0, 0.1) is 23.7 Å². The summed E-state index contributed by atoms with van der Waals surface area (Å²) in [6.07, 6.45) is 10.2. The van der Waals surface area contributed by atoms with Gasteiger partial charge >= 0.3 is 0 Å². The molecule has 17 heavy (non-hydrogen) atoms. The second-order valence-electron chi connectivity index (χ2n) is 6.84. The topological polar surface area (TPSA) is 20.2 Å². The fraction of sp³-hybridized carbons (Fsp3) is 1.00. The maximum Gasteiger partial charge on any atom is 0.0706 e. The third-order valence-corrected chi connectivity index (χ3v) is 5.70. The minimum atomic E-state index is -0.348. The van der Waals surface area contributed by atoms with E-state index in [4.69, 9.17) is 0 Å². The highest BCUT2D eigenvalue weighted by atomic mass is 16.3. The van der Waals surface area contributed by atoms with Gasteiger partial charge in [0.05, 0.1) is 5.60 Å². The van der Waals surface area contributed by atoms with E-state index in [9.17, 15) is 5.11 Å². The molecule has 0 spiro atoms. The Morgan fingerprint density at radius 2 is 1.76 bits per heavy atom. The van der Waals surface area contributed by atoms with E-state index < -0.39 is 0 Å². The molecular weight excluding hydrogens is 208 g/mol. The van der Waals surface area contributed by atoms with Gasteiger partial charge < -0.3 is 5.11 Å². The van der Waals surface area contributed by atoms with E-state index in [0.717, 1.165) is 18.3 Å². The Balaban J connectivity index is 2.16. The first-order valence-electron chi connectivity index (χ1n) is 7.80. The lowest BCUT2D eigenvalue weighted by atomic mass is 9.59. The molecule has 2 aliphatic rings. The van der Waals surface area contributed by atoms with E-state index in [1.165, 1.54) is 44.9 Å². The highest BCUT2D eigenvalue weighted by Crippen LogP contribution is 2.49. The Labute approximate surface area is 107 Å². The van der Waals surface area contributed by atoms with Crippen LogP contribution in [-0.4, -0.2) is 10.7 Å². The maximum atomic E-state index is 11.2. The molecule has 0 radical (unpaired) electrons. The minimum absolute atomic E-state index is 0.348. The normalized spacial score (nSPS) is 48.0. The van der Waals surface area contributed by atoms with Crippen molar-refractivity contribution in [3.63, 3.8) is 0 Å². The molecule has 5 atom stereocenters. The van der Waals surface area contributed by atoms with Crippen LogP contribution < -0.4 is 0 Å². The molecule has 0 heterocycles. The molecule has 100 valence electrons. The molecule has 2 saturated carbocycles. The van der Waals surface area contributed by atoms with Crippen LogP contribution in [0.4, 0.5) is 0 Å². The first-order valence-corrected chi connectivity index (χ1v) is 7.80. The van der Waals surface area contributed by atoms with Gasteiger partial charge in [0.15, 0.2) is 0 Å². The lowest BCUT2D eigenvalue weighted by Crippen LogP contribution is -2.51. The molecule has 1 heteroatoms. The van der Waals surface area contributed by atoms with Crippen LogP contribution in [0.2, 0.25) is 0 Å². The summed E-state index contributed by atoms with van der Waals surface area (Å²) in [7, 11) is 0. The lowest BCUT2D eigenvalue weighted by molar-refractivity contribution is -0.128. The first-order chi connectivity index (χ1) is 8.08. The summed E-state index contributed by atoms with van der Waals surface area (Å²) >= 11 is 0. The zero-order valence-corrected chi connectivity index (χ0v) is 11.9. The zero-order valence-electron chi connectivity index (χ0n) is 11.9. The smallest absolute Gasteiger partial charge is 0.0706 e. The SMILES string of the molecule is CCC1CCCCC1C1(O)CC(C)CCC1C. The Morgan fingerprint density at radius 3 is 2.47 bits per heavy atom. The molecule has 1 nitrogen and oxygen atoms in total. The predicted molar refractivity (Wildman–Crippen MR) is 72.9 cm³/mol. The van der Waals surface area contributed by atoms with Crippen LogP contribution in [0.1, 0.15) is 72.1 Å². The average molecular weight is 238 g/mol. The van der Waals surface area contributed by atoms with Crippen molar-refractivity contribution in [1.82, 2.24) is 0 Å². The highest BCUT2D eigenvalue weighted by Gasteiger charge is 2.47. The molecule has 2 aliphatic carbocycles. The summed E-state index contributed by atoms with van der Waals surface area (Å²) in [5.74, 6) is 2.59. The molecule has 2 rings (SSSR count). The van der Waals surface area contributed by atoms with E-state index >= 15 is 0 Å². The highest BCUT2D eigenvalue weighted by molar-refractivity contribution is 4.98. The van der Waals surface area contributed by atoms with E-state index in [1.807, 2.05) is 0 Å². The fourth-order valence-electron chi connectivity index (χ4n) is 4.52. The van der Waals surface area contributed by atoms with Gasteiger partial charge in [-0.3, -0.25) is 0 Å². The van der Waals surface area contributed by atoms with Crippen molar-refractivity contribution < 1.29 is 5.11 Å². The van der Waals surface area contributed by atoms with Crippen molar-refractivity contribution in [2.45, 2.75) is 77.7 Å². The van der Waals surface area contributed by atoms with Crippen molar-refractivity contribution in [3.05, 3.63) is 0 Å². The quantitative estimate of drug-likeness (QED) is 0.756. The van der Waals surface area contributed by atoms with Crippen LogP contribution >= 0.6 is 0 Å². The second kappa shape index (κ2) is 5.30. The molecule has 0 amide bonds. The molecule has 0 aromatic heterocycles. The van der Waals surface area contributed by atoms with Crippen molar-refractivity contribution in [2.75, 3.05) is 0 Å². The maximum absolute atomic E-state index is 11.2.